The number of anilines is 1. The third-order valence-corrected chi connectivity index (χ3v) is 27.9. The number of fused-ring (bicyclic) bond motifs is 16. The second-order valence-corrected chi connectivity index (χ2v) is 39.2. The monoisotopic (exact) mass is 2140 g/mol. The number of primary amides is 1. The van der Waals surface area contributed by atoms with Gasteiger partial charge in [0.1, 0.15) is 107 Å². The highest BCUT2D eigenvalue weighted by molar-refractivity contribution is 8.00. The van der Waals surface area contributed by atoms with Gasteiger partial charge in [0.2, 0.25) is 76.7 Å². The van der Waals surface area contributed by atoms with Gasteiger partial charge in [-0.05, 0) is 134 Å². The van der Waals surface area contributed by atoms with Gasteiger partial charge in [0.05, 0.1) is 46.9 Å². The van der Waals surface area contributed by atoms with Gasteiger partial charge >= 0.3 is 11.9 Å². The van der Waals surface area contributed by atoms with Crippen LogP contribution in [0.1, 0.15) is 148 Å². The Hall–Kier alpha value is -13.9. The summed E-state index contributed by atoms with van der Waals surface area (Å²) >= 11 is 16.2. The lowest BCUT2D eigenvalue weighted by Crippen LogP contribution is -2.71. The van der Waals surface area contributed by atoms with Crippen molar-refractivity contribution in [2.75, 3.05) is 38.2 Å². The third kappa shape index (κ3) is 24.7. The number of aromatic hydroxyl groups is 3. The number of likely N-dealkylation sites (N-methyl/N-ethyl adjacent to an activating group) is 1. The van der Waals surface area contributed by atoms with E-state index in [1.807, 2.05) is 0 Å². The molecule has 0 saturated carbocycles. The van der Waals surface area contributed by atoms with Gasteiger partial charge in [-0.2, -0.15) is 14.6 Å². The maximum Gasteiger partial charge on any atom is 0.352 e. The van der Waals surface area contributed by atoms with Crippen LogP contribution >= 0.6 is 46.5 Å². The number of aliphatic hydroxyl groups excluding tert-OH is 6. The van der Waals surface area contributed by atoms with Crippen molar-refractivity contribution in [1.82, 2.24) is 72.7 Å². The van der Waals surface area contributed by atoms with Crippen LogP contribution in [0.4, 0.5) is 5.13 Å². The number of aliphatic carboxylic acids is 2. The Morgan fingerprint density at radius 3 is 1.98 bits per heavy atom. The van der Waals surface area contributed by atoms with Crippen LogP contribution in [0.3, 0.4) is 0 Å². The standard InChI is InChI=1S/C93H107Cl2N19O32S2/c1-36(2)22-49(99-5)80(127)107-66-71(121)40-11-14-53(47(94)24-40)141-55-26-42-27-56(76(55)145-91-77(75(125)74(124)57(34-115)143-91)144-61-30-93(4,98)78(126)37(3)140-61)142-54-15-12-41(25-48(54)95)72(122)67-85(132)106-65(89(135)136)45-28-52(117)46(73(123)62(45)44-23-39(10-13-51(44)116)63(82(129)108-67)105-83(130)64(42)104-81(128)50(29-58(96)118)103-84(66)131)32-100-18-19-101-59(119)8-6-7-9-60(120)102-31-38-16-20-113(21-17-38)33-43-35-147-88-69(87(134)114(88)70(43)90(137)138)109-86(133)68(111-146-139)79-110-92(97)148-112-79/h10-17,20-21,23-28,36-37,49-50,57,61,63-67,69,71-72,74-75,77-78,88,91,99-100,115,121-122,124-126H,6-9,18-19,22,29-35,98H2,1-5H3,(H18-,96,97,101,102,103,104,105,106,107,108,109,110,111,112,116,117,118,119,120,123,127,128,129,130,131,132,133,135,136,137,138,139)/p+1/t37-,49+,50-,57+,61-,63?,64+,65-,66+,67?,69+,71+,72+,74+,75-,77+,78+,88+,91-,93-/m0/s1. The number of unbranched alkanes of at least 4 members (excludes halogenated alkanes) is 1. The fourth-order valence-corrected chi connectivity index (χ4v) is 19.9. The Bertz CT molecular complexity index is 6370. The highest BCUT2D eigenvalue weighted by atomic mass is 35.5. The zero-order chi connectivity index (χ0) is 107. The minimum atomic E-state index is -2.44. The molecule has 5 aromatic carbocycles. The van der Waals surface area contributed by atoms with Crippen LogP contribution in [0.2, 0.25) is 10.0 Å². The van der Waals surface area contributed by atoms with E-state index in [9.17, 15) is 94.5 Å². The average molecular weight is 2140 g/mol. The molecule has 16 rings (SSSR count). The number of phenolic OH excluding ortho intramolecular Hbond substituents is 3. The number of carboxylic acid groups (broad SMARTS) is 2. The molecule has 792 valence electrons. The van der Waals surface area contributed by atoms with Crippen LogP contribution in [-0.4, -0.2) is 281 Å². The van der Waals surface area contributed by atoms with Gasteiger partial charge in [-0.1, -0.05) is 55.2 Å². The molecule has 9 aliphatic heterocycles. The number of aliphatic hydroxyl groups is 6. The van der Waals surface area contributed by atoms with Crippen LogP contribution < -0.4 is 94.5 Å². The molecule has 55 heteroatoms. The quantitative estimate of drug-likeness (QED) is 0.00572. The second kappa shape index (κ2) is 47.1. The van der Waals surface area contributed by atoms with E-state index in [1.165, 1.54) is 38.7 Å². The number of nitrogens with zero attached hydrogens (tertiary/aromatic N) is 5. The van der Waals surface area contributed by atoms with Crippen LogP contribution in [0, 0.1) is 5.92 Å². The zero-order valence-electron chi connectivity index (χ0n) is 79.3. The number of carbonyl (C=O) groups is 13. The van der Waals surface area contributed by atoms with Crippen molar-refractivity contribution in [2.24, 2.45) is 22.5 Å². The molecule has 11 heterocycles. The number of nitrogens with one attached hydrogen (secondary N) is 11. The number of pyridine rings is 1. The van der Waals surface area contributed by atoms with E-state index in [0.29, 0.717) is 11.1 Å². The molecule has 3 saturated heterocycles. The first-order valence-corrected chi connectivity index (χ1v) is 48.8. The molecule has 0 spiro atoms. The Morgan fingerprint density at radius 1 is 0.730 bits per heavy atom. The fraction of sp³-hybridized carbons (Fsp3) is 0.430. The number of amides is 11. The van der Waals surface area contributed by atoms with Crippen molar-refractivity contribution in [3.05, 3.63) is 163 Å². The minimum Gasteiger partial charge on any atom is -0.507 e. The summed E-state index contributed by atoms with van der Waals surface area (Å²) in [5.74, 6) is -21.1. The van der Waals surface area contributed by atoms with Gasteiger partial charge in [-0.3, -0.25) is 57.6 Å². The minimum absolute atomic E-state index is 0.0188. The van der Waals surface area contributed by atoms with Crippen molar-refractivity contribution in [3.8, 4) is 57.1 Å². The summed E-state index contributed by atoms with van der Waals surface area (Å²) in [4.78, 5) is 194. The molecule has 7 aromatic rings. The normalized spacial score (nSPS) is 25.8. The largest absolute Gasteiger partial charge is 0.507 e. The van der Waals surface area contributed by atoms with E-state index >= 15 is 24.0 Å². The van der Waals surface area contributed by atoms with Crippen LogP contribution in [0.15, 0.2) is 114 Å². The van der Waals surface area contributed by atoms with Gasteiger partial charge in [0, 0.05) is 103 Å². The number of halogens is 2. The van der Waals surface area contributed by atoms with Crippen molar-refractivity contribution in [1.29, 1.82) is 0 Å². The summed E-state index contributed by atoms with van der Waals surface area (Å²) in [6.07, 6.45) is -15.4. The Kier molecular flexibility index (Phi) is 35.0. The number of phenols is 3. The van der Waals surface area contributed by atoms with E-state index in [2.05, 4.69) is 78.0 Å². The predicted molar refractivity (Wildman–Crippen MR) is 515 cm³/mol. The fourth-order valence-electron chi connectivity index (χ4n) is 17.7. The number of aromatic nitrogens is 3. The van der Waals surface area contributed by atoms with Crippen LogP contribution in [-0.2, 0) is 101 Å². The average Bonchev–Trinajstić information content (AvgIpc) is 0.854. The number of nitrogen functional groups attached to an aromatic ring is 1. The molecule has 0 aliphatic carbocycles. The molecular weight excluding hydrogens is 2030 g/mol. The zero-order valence-corrected chi connectivity index (χ0v) is 82.4. The molecule has 51 nitrogen and oxygen atoms in total. The number of hydrogen-bond donors (Lipinski definition) is 26. The van der Waals surface area contributed by atoms with Gasteiger partial charge in [-0.15, -0.1) is 11.8 Å². The maximum atomic E-state index is 16.4. The molecule has 29 N–H and O–H groups in total. The number of ether oxygens (including phenoxy) is 6. The van der Waals surface area contributed by atoms with E-state index in [4.69, 9.17) is 74.1 Å². The molecule has 20 atom stereocenters. The summed E-state index contributed by atoms with van der Waals surface area (Å²) < 4.78 is 44.2. The van der Waals surface area contributed by atoms with Crippen molar-refractivity contribution < 1.29 is 162 Å². The highest BCUT2D eigenvalue weighted by Crippen LogP contribution is 2.52. The van der Waals surface area contributed by atoms with Crippen molar-refractivity contribution >= 4 is 134 Å². The molecule has 11 bridgehead atoms. The lowest BCUT2D eigenvalue weighted by Gasteiger charge is -2.49. The summed E-state index contributed by atoms with van der Waals surface area (Å²) in [6.45, 7) is 4.99. The van der Waals surface area contributed by atoms with Gasteiger partial charge < -0.3 is 160 Å². The Labute approximate surface area is 858 Å². The number of rotatable bonds is 32. The van der Waals surface area contributed by atoms with Crippen molar-refractivity contribution in [3.63, 3.8) is 0 Å². The first-order valence-electron chi connectivity index (χ1n) is 46.2. The molecule has 0 radical (unpaired) electrons. The number of carbonyl (C=O) groups excluding carboxylic acids is 11. The van der Waals surface area contributed by atoms with Crippen molar-refractivity contribution in [2.45, 2.75) is 213 Å². The number of oxime groups is 1. The van der Waals surface area contributed by atoms with Gasteiger partial charge in [0.15, 0.2) is 54.0 Å². The molecule has 2 unspecified atom stereocenters. The molecular formula is C93H108Cl2N19O32S2+. The Balaban J connectivity index is 0.734. The summed E-state index contributed by atoms with van der Waals surface area (Å²) in [5.41, 5.74) is 12.9. The van der Waals surface area contributed by atoms with E-state index in [1.54, 1.807) is 42.9 Å². The predicted octanol–water partition coefficient (Wildman–Crippen LogP) is -1.46. The number of benzene rings is 5. The van der Waals surface area contributed by atoms with Gasteiger partial charge in [-0.25, -0.2) is 19.1 Å². The number of nitrogens with two attached hydrogens (primary N) is 3. The first-order chi connectivity index (χ1) is 70.3. The summed E-state index contributed by atoms with van der Waals surface area (Å²) in [6, 6.07) is -0.250. The number of β-lactam (4-membered cyclic amide) rings is 1. The third-order valence-electron chi connectivity index (χ3n) is 25.4. The lowest BCUT2D eigenvalue weighted by atomic mass is 9.86. The topological polar surface area (TPSA) is 785 Å². The van der Waals surface area contributed by atoms with Crippen LogP contribution in [0.5, 0.6) is 46.0 Å². The SMILES string of the molecule is CN[C@H](CC(C)C)C(=O)N[C@H]1C(=O)N[C@@H](CC(N)=O)C(=O)N[C@H]2C(=O)NC3C(=O)NC(C(=O)N[C@H](C(=O)O)c4cc(O)c(CNCCNC(=O)CCCCC(=O)NCc5cc[n+](CC6=C(C(=O)O)N7C(=O)[C@@H](NC(=O)/C(=N\OO)c8nsc(N)n8)[C@H]7SC6)cc5)c(O)c4-c4cc3ccc4O)[C@H](O)c3ccc(c(Cl)c3)Oc3cc2cc(c3O[C@@H]2O[C@H](CO)[C@@H](O)[C@H](O)[C@H]2O[C@H]2C[C@](C)(N)[C@H](O)[C@H](C)O2)Oc2ccc(cc2Cl)[C@H]1O. The molecule has 148 heavy (non-hydrogen) atoms. The van der Waals surface area contributed by atoms with Crippen LogP contribution in [0.25, 0.3) is 11.1 Å². The Morgan fingerprint density at radius 2 is 1.37 bits per heavy atom. The van der Waals surface area contributed by atoms with E-state index < -0.39 is 301 Å². The molecule has 2 aromatic heterocycles. The van der Waals surface area contributed by atoms with E-state index in [0.717, 1.165) is 83.2 Å². The molecule has 11 amide bonds. The number of thioether (sulfide) groups is 1. The smallest absolute Gasteiger partial charge is 0.352 e. The summed E-state index contributed by atoms with van der Waals surface area (Å²) in [7, 11) is 1.46. The number of hydrogen-bond acceptors (Lipinski definition) is 39. The maximum absolute atomic E-state index is 16.4. The lowest BCUT2D eigenvalue weighted by molar-refractivity contribution is -0.689. The van der Waals surface area contributed by atoms with E-state index in [-0.39, 0.29) is 116 Å². The second-order valence-electron chi connectivity index (χ2n) is 36.5. The summed E-state index contributed by atoms with van der Waals surface area (Å²) in [5, 5.41) is 167. The molecule has 3 fully saturated rings. The highest BCUT2D eigenvalue weighted by Gasteiger charge is 2.57. The van der Waals surface area contributed by atoms with Gasteiger partial charge in [0.25, 0.3) is 11.8 Å². The molecule has 9 aliphatic rings. The first kappa shape index (κ1) is 110. The number of carboxylic acids is 2.